The van der Waals surface area contributed by atoms with E-state index < -0.39 is 0 Å². The molecule has 4 nitrogen and oxygen atoms in total. The van der Waals surface area contributed by atoms with Crippen molar-refractivity contribution in [3.8, 4) is 0 Å². The third kappa shape index (κ3) is 4.55. The Bertz CT molecular complexity index is 883. The van der Waals surface area contributed by atoms with Crippen molar-refractivity contribution in [2.75, 3.05) is 12.4 Å². The van der Waals surface area contributed by atoms with Gasteiger partial charge in [-0.25, -0.2) is 0 Å². The predicted molar refractivity (Wildman–Crippen MR) is 114 cm³/mol. The summed E-state index contributed by atoms with van der Waals surface area (Å²) in [6.07, 6.45) is 6.92. The highest BCUT2D eigenvalue weighted by Crippen LogP contribution is 2.42. The van der Waals surface area contributed by atoms with Crippen LogP contribution in [-0.4, -0.2) is 29.1 Å². The maximum Gasteiger partial charge on any atom is 0.313 e. The van der Waals surface area contributed by atoms with Gasteiger partial charge < -0.3 is 4.74 Å². The van der Waals surface area contributed by atoms with Gasteiger partial charge in [-0.3, -0.25) is 14.6 Å². The fraction of sp³-hybridized carbons (Fsp3) is 0.458. The number of ether oxygens (including phenoxy) is 1. The summed E-state index contributed by atoms with van der Waals surface area (Å²) in [4.78, 5) is 30.8. The van der Waals surface area contributed by atoms with Gasteiger partial charge in [0.2, 0.25) is 0 Å². The van der Waals surface area contributed by atoms with Crippen LogP contribution in [0.4, 0.5) is 0 Å². The van der Waals surface area contributed by atoms with Crippen LogP contribution in [0.15, 0.2) is 47.5 Å². The van der Waals surface area contributed by atoms with E-state index in [1.807, 2.05) is 43.3 Å². The van der Waals surface area contributed by atoms with Crippen LogP contribution < -0.4 is 0 Å². The number of carbonyl (C=O) groups is 2. The van der Waals surface area contributed by atoms with E-state index in [4.69, 9.17) is 4.74 Å². The summed E-state index contributed by atoms with van der Waals surface area (Å²) in [7, 11) is 0. The van der Waals surface area contributed by atoms with Crippen LogP contribution in [-0.2, 0) is 16.0 Å². The molecule has 1 aliphatic heterocycles. The molecule has 2 aromatic rings. The number of nitrogens with zero attached hydrogens (tertiary/aromatic N) is 1. The number of esters is 1. The standard InChI is InChI=1S/C24H27NO3S/c1-16(24(27)28-13-11-19-7-4-5-12-25-19)17-9-10-21-22(14-17)29-15-18-6-2-3-8-20(18)23(21)26/h4-5,7,9-10,12,14,16,18,20H,2-3,6,8,11,13,15H2,1H3/t16?,18-,20+/m1/s1. The second-order valence-corrected chi connectivity index (χ2v) is 9.10. The lowest BCUT2D eigenvalue weighted by atomic mass is 9.76. The van der Waals surface area contributed by atoms with Gasteiger partial charge in [0.15, 0.2) is 5.78 Å². The zero-order valence-electron chi connectivity index (χ0n) is 16.8. The van der Waals surface area contributed by atoms with Gasteiger partial charge >= 0.3 is 5.97 Å². The Balaban J connectivity index is 1.42. The Hall–Kier alpha value is -2.14. The lowest BCUT2D eigenvalue weighted by Gasteiger charge is -2.28. The van der Waals surface area contributed by atoms with E-state index in [1.54, 1.807) is 18.0 Å². The lowest BCUT2D eigenvalue weighted by molar-refractivity contribution is -0.144. The Kier molecular flexibility index (Phi) is 6.34. The van der Waals surface area contributed by atoms with Gasteiger partial charge in [0, 0.05) is 40.4 Å². The topological polar surface area (TPSA) is 56.3 Å². The highest BCUT2D eigenvalue weighted by Gasteiger charge is 2.35. The van der Waals surface area contributed by atoms with Crippen molar-refractivity contribution in [1.29, 1.82) is 0 Å². The molecule has 1 fully saturated rings. The highest BCUT2D eigenvalue weighted by atomic mass is 32.2. The smallest absolute Gasteiger partial charge is 0.313 e. The summed E-state index contributed by atoms with van der Waals surface area (Å²) >= 11 is 1.78. The molecular formula is C24H27NO3S. The molecule has 0 bridgehead atoms. The minimum absolute atomic E-state index is 0.178. The molecule has 152 valence electrons. The van der Waals surface area contributed by atoms with Crippen molar-refractivity contribution in [2.45, 2.75) is 49.8 Å². The fourth-order valence-electron chi connectivity index (χ4n) is 4.34. The summed E-state index contributed by atoms with van der Waals surface area (Å²) in [5.41, 5.74) is 2.66. The molecular weight excluding hydrogens is 382 g/mol. The third-order valence-electron chi connectivity index (χ3n) is 6.15. The maximum atomic E-state index is 13.1. The number of carbonyl (C=O) groups excluding carboxylic acids is 2. The molecule has 1 unspecified atom stereocenters. The first-order valence-electron chi connectivity index (χ1n) is 10.5. The molecule has 1 saturated carbocycles. The second kappa shape index (κ2) is 9.12. The van der Waals surface area contributed by atoms with Crippen LogP contribution >= 0.6 is 11.8 Å². The van der Waals surface area contributed by atoms with E-state index in [1.165, 1.54) is 6.42 Å². The molecule has 1 aromatic heterocycles. The Morgan fingerprint density at radius 2 is 2.10 bits per heavy atom. The van der Waals surface area contributed by atoms with E-state index >= 15 is 0 Å². The minimum atomic E-state index is -0.356. The van der Waals surface area contributed by atoms with E-state index in [9.17, 15) is 9.59 Å². The van der Waals surface area contributed by atoms with Gasteiger partial charge in [0.25, 0.3) is 0 Å². The molecule has 3 atom stereocenters. The Labute approximate surface area is 176 Å². The van der Waals surface area contributed by atoms with Gasteiger partial charge in [0.1, 0.15) is 0 Å². The van der Waals surface area contributed by atoms with Crippen molar-refractivity contribution >= 4 is 23.5 Å². The van der Waals surface area contributed by atoms with Crippen molar-refractivity contribution < 1.29 is 14.3 Å². The first kappa shape index (κ1) is 20.1. The van der Waals surface area contributed by atoms with Crippen molar-refractivity contribution in [3.63, 3.8) is 0 Å². The molecule has 0 amide bonds. The number of benzene rings is 1. The molecule has 0 radical (unpaired) electrons. The van der Waals surface area contributed by atoms with E-state index in [0.29, 0.717) is 24.7 Å². The third-order valence-corrected chi connectivity index (χ3v) is 7.40. The fourth-order valence-corrected chi connectivity index (χ4v) is 5.68. The van der Waals surface area contributed by atoms with Crippen LogP contribution in [0.5, 0.6) is 0 Å². The van der Waals surface area contributed by atoms with Crippen molar-refractivity contribution in [1.82, 2.24) is 4.98 Å². The zero-order valence-corrected chi connectivity index (χ0v) is 17.6. The number of Topliss-reactive ketones (excluding diaryl/α,β-unsaturated/α-hetero) is 1. The van der Waals surface area contributed by atoms with Crippen molar-refractivity contribution in [2.24, 2.45) is 11.8 Å². The van der Waals surface area contributed by atoms with Crippen molar-refractivity contribution in [3.05, 3.63) is 59.4 Å². The van der Waals surface area contributed by atoms with E-state index in [2.05, 4.69) is 4.98 Å². The van der Waals surface area contributed by atoms with Gasteiger partial charge in [0.05, 0.1) is 12.5 Å². The number of ketones is 1. The number of fused-ring (bicyclic) bond motifs is 2. The molecule has 1 aliphatic carbocycles. The summed E-state index contributed by atoms with van der Waals surface area (Å²) in [6, 6.07) is 11.6. The number of rotatable bonds is 5. The largest absolute Gasteiger partial charge is 0.465 e. The Morgan fingerprint density at radius 1 is 1.24 bits per heavy atom. The van der Waals surface area contributed by atoms with E-state index in [-0.39, 0.29) is 17.8 Å². The number of hydrogen-bond donors (Lipinski definition) is 0. The van der Waals surface area contributed by atoms with Crippen LogP contribution in [0.2, 0.25) is 0 Å². The SMILES string of the molecule is CC(C(=O)OCCc1ccccn1)c1ccc2c(c1)SC[C@H]1CCCC[C@@H]1C2=O. The normalized spacial score (nSPS) is 22.2. The first-order valence-corrected chi connectivity index (χ1v) is 11.5. The molecule has 1 aromatic carbocycles. The van der Waals surface area contributed by atoms with Gasteiger partial charge in [-0.2, -0.15) is 0 Å². The van der Waals surface area contributed by atoms with Crippen LogP contribution in [0.25, 0.3) is 0 Å². The maximum absolute atomic E-state index is 13.1. The quantitative estimate of drug-likeness (QED) is 0.646. The number of hydrogen-bond acceptors (Lipinski definition) is 5. The number of thioether (sulfide) groups is 1. The summed E-state index contributed by atoms with van der Waals surface area (Å²) < 4.78 is 5.48. The molecule has 4 rings (SSSR count). The van der Waals surface area contributed by atoms with Crippen LogP contribution in [0.1, 0.15) is 60.1 Å². The average Bonchev–Trinajstić information content (AvgIpc) is 2.90. The average molecular weight is 410 g/mol. The molecule has 5 heteroatoms. The van der Waals surface area contributed by atoms with Crippen LogP contribution in [0.3, 0.4) is 0 Å². The Morgan fingerprint density at radius 3 is 2.93 bits per heavy atom. The zero-order chi connectivity index (χ0) is 20.2. The summed E-state index contributed by atoms with van der Waals surface area (Å²) in [5.74, 6) is 1.37. The molecule has 2 heterocycles. The van der Waals surface area contributed by atoms with Gasteiger partial charge in [-0.1, -0.05) is 25.0 Å². The summed E-state index contributed by atoms with van der Waals surface area (Å²) in [5, 5.41) is 0. The second-order valence-electron chi connectivity index (χ2n) is 8.04. The monoisotopic (exact) mass is 409 g/mol. The number of pyridine rings is 1. The molecule has 0 spiro atoms. The minimum Gasteiger partial charge on any atom is -0.465 e. The van der Waals surface area contributed by atoms with Gasteiger partial charge in [-0.05, 0) is 55.5 Å². The molecule has 2 aliphatic rings. The molecule has 0 saturated heterocycles. The van der Waals surface area contributed by atoms with Gasteiger partial charge in [-0.15, -0.1) is 11.8 Å². The molecule has 29 heavy (non-hydrogen) atoms. The lowest BCUT2D eigenvalue weighted by Crippen LogP contribution is -2.27. The number of aromatic nitrogens is 1. The first-order chi connectivity index (χ1) is 14.1. The highest BCUT2D eigenvalue weighted by molar-refractivity contribution is 7.99. The van der Waals surface area contributed by atoms with E-state index in [0.717, 1.165) is 46.7 Å². The van der Waals surface area contributed by atoms with Crippen LogP contribution in [0, 0.1) is 11.8 Å². The molecule has 0 N–H and O–H groups in total. The summed E-state index contributed by atoms with van der Waals surface area (Å²) in [6.45, 7) is 2.19. The predicted octanol–water partition coefficient (Wildman–Crippen LogP) is 5.07.